The zero-order valence-corrected chi connectivity index (χ0v) is 18.6. The standard InChI is InChI=1S/C20H26N4O3S2/c1-11(2)9-15(23-17(26)14-8-6-5-7-12(14)3)18(27)24-20-22-13(4)19(29-20)28-10-16(21)25/h5-8,11,15H,9-10H2,1-4H3,(H2,21,25)(H,23,26)(H,22,24,27). The van der Waals surface area contributed by atoms with Crippen molar-refractivity contribution in [2.24, 2.45) is 11.7 Å². The maximum atomic E-state index is 12.8. The molecule has 0 bridgehead atoms. The molecule has 0 aliphatic rings. The van der Waals surface area contributed by atoms with Gasteiger partial charge in [-0.1, -0.05) is 43.4 Å². The Labute approximate surface area is 178 Å². The Hall–Kier alpha value is -2.39. The fourth-order valence-electron chi connectivity index (χ4n) is 2.67. The summed E-state index contributed by atoms with van der Waals surface area (Å²) >= 11 is 2.58. The number of carbonyl (C=O) groups is 3. The van der Waals surface area contributed by atoms with E-state index in [1.165, 1.54) is 23.1 Å². The van der Waals surface area contributed by atoms with Crippen molar-refractivity contribution in [3.8, 4) is 0 Å². The molecule has 0 spiro atoms. The van der Waals surface area contributed by atoms with Gasteiger partial charge in [0.2, 0.25) is 11.8 Å². The number of nitrogens with one attached hydrogen (secondary N) is 2. The lowest BCUT2D eigenvalue weighted by molar-refractivity contribution is -0.118. The largest absolute Gasteiger partial charge is 0.369 e. The Morgan fingerprint density at radius 3 is 2.52 bits per heavy atom. The first-order chi connectivity index (χ1) is 13.7. The average molecular weight is 435 g/mol. The molecule has 4 N–H and O–H groups in total. The van der Waals surface area contributed by atoms with E-state index in [1.54, 1.807) is 19.1 Å². The van der Waals surface area contributed by atoms with E-state index in [1.807, 2.05) is 32.9 Å². The number of benzene rings is 1. The van der Waals surface area contributed by atoms with Crippen LogP contribution in [0.5, 0.6) is 0 Å². The highest BCUT2D eigenvalue weighted by atomic mass is 32.2. The van der Waals surface area contributed by atoms with Crippen molar-refractivity contribution < 1.29 is 14.4 Å². The van der Waals surface area contributed by atoms with Crippen LogP contribution in [0.25, 0.3) is 0 Å². The molecule has 0 saturated carbocycles. The van der Waals surface area contributed by atoms with Crippen LogP contribution in [-0.2, 0) is 9.59 Å². The van der Waals surface area contributed by atoms with Crippen LogP contribution in [0.4, 0.5) is 5.13 Å². The predicted octanol–water partition coefficient (Wildman–Crippen LogP) is 3.12. The van der Waals surface area contributed by atoms with E-state index in [-0.39, 0.29) is 23.5 Å². The van der Waals surface area contributed by atoms with E-state index in [0.717, 1.165) is 15.5 Å². The summed E-state index contributed by atoms with van der Waals surface area (Å²) in [6, 6.07) is 6.57. The summed E-state index contributed by atoms with van der Waals surface area (Å²) in [4.78, 5) is 40.8. The van der Waals surface area contributed by atoms with Crippen LogP contribution in [0.1, 0.15) is 41.9 Å². The summed E-state index contributed by atoms with van der Waals surface area (Å²) in [6.07, 6.45) is 0.497. The normalized spacial score (nSPS) is 11.9. The van der Waals surface area contributed by atoms with Gasteiger partial charge in [0.25, 0.3) is 5.91 Å². The second kappa shape index (κ2) is 10.4. The number of rotatable bonds is 9. The lowest BCUT2D eigenvalue weighted by atomic mass is 10.0. The monoisotopic (exact) mass is 434 g/mol. The van der Waals surface area contributed by atoms with Gasteiger partial charge >= 0.3 is 0 Å². The second-order valence-corrected chi connectivity index (χ2v) is 9.35. The molecule has 2 aromatic rings. The van der Waals surface area contributed by atoms with Gasteiger partial charge in [-0.2, -0.15) is 0 Å². The molecule has 1 unspecified atom stereocenters. The fourth-order valence-corrected chi connectivity index (χ4v) is 4.55. The number of thiazole rings is 1. The highest BCUT2D eigenvalue weighted by molar-refractivity contribution is 8.01. The molecule has 9 heteroatoms. The van der Waals surface area contributed by atoms with Crippen molar-refractivity contribution in [2.45, 2.75) is 44.4 Å². The minimum Gasteiger partial charge on any atom is -0.369 e. The number of anilines is 1. The third-order valence-corrected chi connectivity index (χ3v) is 6.51. The summed E-state index contributed by atoms with van der Waals surface area (Å²) in [6.45, 7) is 7.65. The topological polar surface area (TPSA) is 114 Å². The summed E-state index contributed by atoms with van der Waals surface area (Å²) in [7, 11) is 0. The van der Waals surface area contributed by atoms with Crippen LogP contribution >= 0.6 is 23.1 Å². The third-order valence-electron chi connectivity index (χ3n) is 4.05. The van der Waals surface area contributed by atoms with Gasteiger partial charge in [0, 0.05) is 5.56 Å². The molecule has 0 saturated heterocycles. The van der Waals surface area contributed by atoms with Crippen LogP contribution in [0.15, 0.2) is 28.5 Å². The molecule has 0 aliphatic carbocycles. The molecule has 2 rings (SSSR count). The van der Waals surface area contributed by atoms with Gasteiger partial charge in [-0.3, -0.25) is 14.4 Å². The Balaban J connectivity index is 2.11. The minimum atomic E-state index is -0.687. The van der Waals surface area contributed by atoms with Gasteiger partial charge in [-0.05, 0) is 37.8 Å². The van der Waals surface area contributed by atoms with Crippen molar-refractivity contribution in [1.29, 1.82) is 0 Å². The summed E-state index contributed by atoms with van der Waals surface area (Å²) in [5.74, 6) is -0.650. The van der Waals surface area contributed by atoms with Crippen LogP contribution in [0.3, 0.4) is 0 Å². The van der Waals surface area contributed by atoms with Crippen molar-refractivity contribution >= 4 is 46.0 Å². The van der Waals surface area contributed by atoms with Crippen molar-refractivity contribution in [3.63, 3.8) is 0 Å². The Morgan fingerprint density at radius 1 is 1.21 bits per heavy atom. The lowest BCUT2D eigenvalue weighted by Crippen LogP contribution is -2.44. The minimum absolute atomic E-state index is 0.152. The first-order valence-electron chi connectivity index (χ1n) is 9.23. The van der Waals surface area contributed by atoms with Crippen molar-refractivity contribution in [2.75, 3.05) is 11.1 Å². The number of thioether (sulfide) groups is 1. The summed E-state index contributed by atoms with van der Waals surface area (Å²) in [5, 5.41) is 6.07. The van der Waals surface area contributed by atoms with Crippen LogP contribution in [0, 0.1) is 19.8 Å². The van der Waals surface area contributed by atoms with Crippen molar-refractivity contribution in [3.05, 3.63) is 41.1 Å². The van der Waals surface area contributed by atoms with Gasteiger partial charge in [0.15, 0.2) is 5.13 Å². The first kappa shape index (κ1) is 22.9. The van der Waals surface area contributed by atoms with E-state index in [2.05, 4.69) is 15.6 Å². The SMILES string of the molecule is Cc1ccccc1C(=O)NC(CC(C)C)C(=O)Nc1nc(C)c(SCC(N)=O)s1. The maximum Gasteiger partial charge on any atom is 0.252 e. The molecular weight excluding hydrogens is 408 g/mol. The number of amides is 3. The summed E-state index contributed by atoms with van der Waals surface area (Å²) < 4.78 is 0.823. The Bertz CT molecular complexity index is 896. The van der Waals surface area contributed by atoms with Gasteiger partial charge in [-0.15, -0.1) is 11.8 Å². The average Bonchev–Trinajstić information content (AvgIpc) is 2.98. The molecular formula is C20H26N4O3S2. The van der Waals surface area contributed by atoms with Gasteiger partial charge in [0.05, 0.1) is 15.7 Å². The smallest absolute Gasteiger partial charge is 0.252 e. The zero-order valence-electron chi connectivity index (χ0n) is 16.9. The molecule has 1 aromatic heterocycles. The molecule has 29 heavy (non-hydrogen) atoms. The van der Waals surface area contributed by atoms with E-state index >= 15 is 0 Å². The third kappa shape index (κ3) is 6.86. The number of nitrogens with two attached hydrogens (primary N) is 1. The van der Waals surface area contributed by atoms with Gasteiger partial charge < -0.3 is 16.4 Å². The Kier molecular flexibility index (Phi) is 8.21. The molecule has 1 aromatic carbocycles. The van der Waals surface area contributed by atoms with Crippen LogP contribution in [0.2, 0.25) is 0 Å². The molecule has 7 nitrogen and oxygen atoms in total. The van der Waals surface area contributed by atoms with Crippen molar-refractivity contribution in [1.82, 2.24) is 10.3 Å². The van der Waals surface area contributed by atoms with E-state index in [9.17, 15) is 14.4 Å². The molecule has 0 aliphatic heterocycles. The van der Waals surface area contributed by atoms with Crippen LogP contribution < -0.4 is 16.4 Å². The second-order valence-electron chi connectivity index (χ2n) is 7.11. The number of nitrogens with zero attached hydrogens (tertiary/aromatic N) is 1. The molecule has 1 atom stereocenters. The quantitative estimate of drug-likeness (QED) is 0.525. The van der Waals surface area contributed by atoms with Crippen LogP contribution in [-0.4, -0.2) is 34.5 Å². The Morgan fingerprint density at radius 2 is 1.90 bits per heavy atom. The zero-order chi connectivity index (χ0) is 21.6. The first-order valence-corrected chi connectivity index (χ1v) is 11.0. The maximum absolute atomic E-state index is 12.8. The number of primary amides is 1. The molecule has 156 valence electrons. The number of aryl methyl sites for hydroxylation is 2. The number of hydrogen-bond acceptors (Lipinski definition) is 6. The number of carbonyl (C=O) groups excluding carboxylic acids is 3. The van der Waals surface area contributed by atoms with E-state index < -0.39 is 11.9 Å². The highest BCUT2D eigenvalue weighted by Crippen LogP contribution is 2.32. The highest BCUT2D eigenvalue weighted by Gasteiger charge is 2.24. The molecule has 0 radical (unpaired) electrons. The van der Waals surface area contributed by atoms with Gasteiger partial charge in [-0.25, -0.2) is 4.98 Å². The molecule has 1 heterocycles. The molecule has 3 amide bonds. The number of aromatic nitrogens is 1. The predicted molar refractivity (Wildman–Crippen MR) is 117 cm³/mol. The van der Waals surface area contributed by atoms with Gasteiger partial charge in [0.1, 0.15) is 6.04 Å². The molecule has 0 fully saturated rings. The summed E-state index contributed by atoms with van der Waals surface area (Å²) in [5.41, 5.74) is 7.30. The van der Waals surface area contributed by atoms with E-state index in [0.29, 0.717) is 17.1 Å². The lowest BCUT2D eigenvalue weighted by Gasteiger charge is -2.20. The fraction of sp³-hybridized carbons (Fsp3) is 0.400. The van der Waals surface area contributed by atoms with E-state index in [4.69, 9.17) is 5.73 Å². The number of hydrogen-bond donors (Lipinski definition) is 3.